The summed E-state index contributed by atoms with van der Waals surface area (Å²) in [5, 5.41) is 2.39. The minimum atomic E-state index is -3.34. The number of benzene rings is 1. The number of ether oxygens (including phenoxy) is 1. The Labute approximate surface area is 189 Å². The van der Waals surface area contributed by atoms with Gasteiger partial charge in [-0.1, -0.05) is 12.1 Å². The highest BCUT2D eigenvalue weighted by molar-refractivity contribution is 7.92. The number of aromatic nitrogens is 2. The van der Waals surface area contributed by atoms with Crippen molar-refractivity contribution < 1.29 is 17.9 Å². The predicted molar refractivity (Wildman–Crippen MR) is 124 cm³/mol. The van der Waals surface area contributed by atoms with Crippen LogP contribution in [0.3, 0.4) is 0 Å². The van der Waals surface area contributed by atoms with Crippen molar-refractivity contribution in [3.05, 3.63) is 30.5 Å². The first-order valence-corrected chi connectivity index (χ1v) is 12.1. The third kappa shape index (κ3) is 5.48. The van der Waals surface area contributed by atoms with Gasteiger partial charge in [-0.15, -0.1) is 0 Å². The fraction of sp³-hybridized carbons (Fsp3) is 0.500. The van der Waals surface area contributed by atoms with Gasteiger partial charge in [-0.25, -0.2) is 23.2 Å². The van der Waals surface area contributed by atoms with Crippen molar-refractivity contribution in [1.29, 1.82) is 0 Å². The number of nitrogens with one attached hydrogen (secondary N) is 1. The predicted octanol–water partition coefficient (Wildman–Crippen LogP) is 3.01. The van der Waals surface area contributed by atoms with Crippen LogP contribution < -0.4 is 16.0 Å². The van der Waals surface area contributed by atoms with Crippen molar-refractivity contribution in [1.82, 2.24) is 15.3 Å². The van der Waals surface area contributed by atoms with E-state index in [-0.39, 0.29) is 10.9 Å². The van der Waals surface area contributed by atoms with Crippen molar-refractivity contribution in [3.63, 3.8) is 0 Å². The van der Waals surface area contributed by atoms with Gasteiger partial charge in [0.2, 0.25) is 0 Å². The lowest BCUT2D eigenvalue weighted by molar-refractivity contribution is 0.0509. The number of nitrogens with zero attached hydrogens (tertiary/aromatic N) is 3. The Kier molecular flexibility index (Phi) is 6.64. The molecule has 0 radical (unpaired) electrons. The van der Waals surface area contributed by atoms with Gasteiger partial charge in [0, 0.05) is 18.7 Å². The average molecular weight is 462 g/mol. The summed E-state index contributed by atoms with van der Waals surface area (Å²) in [7, 11) is -3.34. The van der Waals surface area contributed by atoms with E-state index in [4.69, 9.17) is 10.5 Å². The van der Waals surface area contributed by atoms with Crippen LogP contribution in [0.5, 0.6) is 0 Å². The molecule has 0 unspecified atom stereocenters. The molecule has 1 atom stereocenters. The molecule has 1 aromatic carbocycles. The molecule has 0 aliphatic carbocycles. The number of rotatable bonds is 5. The van der Waals surface area contributed by atoms with Crippen LogP contribution in [-0.4, -0.2) is 54.5 Å². The summed E-state index contributed by atoms with van der Waals surface area (Å²) in [6.45, 7) is 9.96. The minimum Gasteiger partial charge on any atom is -0.444 e. The maximum absolute atomic E-state index is 12.3. The van der Waals surface area contributed by atoms with Crippen molar-refractivity contribution in [2.45, 2.75) is 62.8 Å². The molecule has 1 fully saturated rings. The van der Waals surface area contributed by atoms with E-state index in [1.807, 2.05) is 25.7 Å². The Bertz CT molecular complexity index is 1080. The number of carbonyl (C=O) groups excluding carboxylic acids is 1. The number of alkyl carbamates (subject to hydrolysis) is 1. The topological polar surface area (TPSA) is 128 Å². The lowest BCUT2D eigenvalue weighted by atomic mass is 10.1. The number of nitrogens with two attached hydrogens (primary N) is 1. The van der Waals surface area contributed by atoms with Gasteiger partial charge < -0.3 is 20.7 Å². The lowest BCUT2D eigenvalue weighted by Gasteiger charge is -2.22. The minimum absolute atomic E-state index is 0.0878. The largest absolute Gasteiger partial charge is 0.444 e. The summed E-state index contributed by atoms with van der Waals surface area (Å²) in [4.78, 5) is 23.3. The van der Waals surface area contributed by atoms with Crippen LogP contribution in [0.4, 0.5) is 16.4 Å². The molecule has 1 aromatic heterocycles. The number of anilines is 2. The Morgan fingerprint density at radius 2 is 1.91 bits per heavy atom. The molecule has 2 heterocycles. The van der Waals surface area contributed by atoms with Crippen LogP contribution in [0.1, 0.15) is 41.0 Å². The molecule has 2 aromatic rings. The number of hydrogen-bond donors (Lipinski definition) is 2. The highest BCUT2D eigenvalue weighted by atomic mass is 32.2. The molecule has 1 saturated heterocycles. The second-order valence-corrected chi connectivity index (χ2v) is 11.7. The molecule has 32 heavy (non-hydrogen) atoms. The highest BCUT2D eigenvalue weighted by Crippen LogP contribution is 2.28. The van der Waals surface area contributed by atoms with Crippen molar-refractivity contribution in [2.24, 2.45) is 0 Å². The monoisotopic (exact) mass is 461 g/mol. The molecule has 9 nitrogen and oxygen atoms in total. The third-order valence-electron chi connectivity index (χ3n) is 5.09. The summed E-state index contributed by atoms with van der Waals surface area (Å²) in [6, 6.07) is 6.51. The molecule has 1 amide bonds. The Balaban J connectivity index is 1.75. The number of hydrogen-bond acceptors (Lipinski definition) is 8. The van der Waals surface area contributed by atoms with Crippen LogP contribution in [-0.2, 0) is 14.6 Å². The van der Waals surface area contributed by atoms with Gasteiger partial charge >= 0.3 is 6.09 Å². The first-order chi connectivity index (χ1) is 14.9. The molecule has 0 saturated carbocycles. The molecule has 3 N–H and O–H groups in total. The summed E-state index contributed by atoms with van der Waals surface area (Å²) in [5.74, 6) is 0.834. The van der Waals surface area contributed by atoms with E-state index in [9.17, 15) is 13.2 Å². The molecule has 10 heteroatoms. The molecule has 3 rings (SSSR count). The maximum Gasteiger partial charge on any atom is 0.407 e. The quantitative estimate of drug-likeness (QED) is 0.695. The molecular formula is C22H31N5O4S. The highest BCUT2D eigenvalue weighted by Gasteiger charge is 2.28. The Hall–Kier alpha value is -2.88. The Morgan fingerprint density at radius 3 is 2.50 bits per heavy atom. The van der Waals surface area contributed by atoms with E-state index in [0.29, 0.717) is 30.4 Å². The van der Waals surface area contributed by atoms with Crippen molar-refractivity contribution in [3.8, 4) is 11.3 Å². The van der Waals surface area contributed by atoms with Gasteiger partial charge in [-0.3, -0.25) is 0 Å². The normalized spacial score (nSPS) is 16.9. The second-order valence-electron chi connectivity index (χ2n) is 9.16. The molecule has 1 aliphatic heterocycles. The fourth-order valence-electron chi connectivity index (χ4n) is 3.39. The first kappa shape index (κ1) is 23.8. The molecule has 0 spiro atoms. The Morgan fingerprint density at radius 1 is 1.25 bits per heavy atom. The number of nitrogen functional groups attached to an aromatic ring is 1. The summed E-state index contributed by atoms with van der Waals surface area (Å²) >= 11 is 0. The molecule has 0 bridgehead atoms. The SMILES string of the molecule is CC(C)S(=O)(=O)c1ccc(-c2cnc(N)c(N3CC[C@@H](NC(=O)OC(C)(C)C)C3)n2)cc1. The molecular weight excluding hydrogens is 430 g/mol. The van der Waals surface area contributed by atoms with E-state index < -0.39 is 26.8 Å². The van der Waals surface area contributed by atoms with Crippen LogP contribution in [0.2, 0.25) is 0 Å². The van der Waals surface area contributed by atoms with E-state index in [0.717, 1.165) is 12.0 Å². The second kappa shape index (κ2) is 8.93. The zero-order valence-electron chi connectivity index (χ0n) is 19.1. The average Bonchev–Trinajstić information content (AvgIpc) is 3.15. The summed E-state index contributed by atoms with van der Waals surface area (Å²) < 4.78 is 30.0. The van der Waals surface area contributed by atoms with Gasteiger partial charge in [0.1, 0.15) is 5.60 Å². The third-order valence-corrected chi connectivity index (χ3v) is 7.26. The standard InChI is InChI=1S/C22H31N5O4S/c1-14(2)32(29,30)17-8-6-15(7-9-17)18-12-24-19(23)20(26-18)27-11-10-16(13-27)25-21(28)31-22(3,4)5/h6-9,12,14,16H,10-11,13H2,1-5H3,(H2,23,24)(H,25,28)/t16-/m1/s1. The van der Waals surface area contributed by atoms with Crippen LogP contribution >= 0.6 is 0 Å². The fourth-order valence-corrected chi connectivity index (χ4v) is 4.45. The number of carbonyl (C=O) groups is 1. The first-order valence-electron chi connectivity index (χ1n) is 10.6. The van der Waals surface area contributed by atoms with Gasteiger partial charge in [0.15, 0.2) is 21.5 Å². The maximum atomic E-state index is 12.3. The van der Waals surface area contributed by atoms with Gasteiger partial charge in [0.25, 0.3) is 0 Å². The number of amides is 1. The van der Waals surface area contributed by atoms with E-state index >= 15 is 0 Å². The van der Waals surface area contributed by atoms with Gasteiger partial charge in [0.05, 0.1) is 28.1 Å². The smallest absolute Gasteiger partial charge is 0.407 e. The van der Waals surface area contributed by atoms with Gasteiger partial charge in [-0.2, -0.15) is 0 Å². The van der Waals surface area contributed by atoms with Gasteiger partial charge in [-0.05, 0) is 53.2 Å². The van der Waals surface area contributed by atoms with E-state index in [1.54, 1.807) is 44.3 Å². The molecule has 174 valence electrons. The van der Waals surface area contributed by atoms with E-state index in [1.165, 1.54) is 0 Å². The van der Waals surface area contributed by atoms with Crippen LogP contribution in [0.25, 0.3) is 11.3 Å². The summed E-state index contributed by atoms with van der Waals surface area (Å²) in [6.07, 6.45) is 1.84. The van der Waals surface area contributed by atoms with Crippen LogP contribution in [0, 0.1) is 0 Å². The lowest BCUT2D eigenvalue weighted by Crippen LogP contribution is -2.40. The van der Waals surface area contributed by atoms with E-state index in [2.05, 4.69) is 15.3 Å². The van der Waals surface area contributed by atoms with Crippen molar-refractivity contribution in [2.75, 3.05) is 23.7 Å². The zero-order valence-corrected chi connectivity index (χ0v) is 19.9. The number of sulfone groups is 1. The van der Waals surface area contributed by atoms with Crippen molar-refractivity contribution >= 4 is 27.6 Å². The molecule has 1 aliphatic rings. The summed E-state index contributed by atoms with van der Waals surface area (Å²) in [5.41, 5.74) is 6.86. The van der Waals surface area contributed by atoms with Crippen LogP contribution in [0.15, 0.2) is 35.4 Å². The zero-order chi connectivity index (χ0) is 23.7.